The SMILES string of the molecule is Brc1cccc(CNc2nccc3sccc23)c1. The van der Waals surface area contributed by atoms with Crippen LogP contribution in [0, 0.1) is 0 Å². The average Bonchev–Trinajstić information content (AvgIpc) is 2.85. The second-order valence-electron chi connectivity index (χ2n) is 3.98. The van der Waals surface area contributed by atoms with Gasteiger partial charge in [0.25, 0.3) is 0 Å². The zero-order valence-electron chi connectivity index (χ0n) is 9.56. The summed E-state index contributed by atoms with van der Waals surface area (Å²) in [5.41, 5.74) is 1.23. The molecule has 0 radical (unpaired) electrons. The van der Waals surface area contributed by atoms with E-state index in [4.69, 9.17) is 0 Å². The van der Waals surface area contributed by atoms with Crippen LogP contribution in [0.2, 0.25) is 0 Å². The lowest BCUT2D eigenvalue weighted by molar-refractivity contribution is 1.12. The highest BCUT2D eigenvalue weighted by molar-refractivity contribution is 9.10. The van der Waals surface area contributed by atoms with Gasteiger partial charge in [0.2, 0.25) is 0 Å². The third-order valence-electron chi connectivity index (χ3n) is 2.73. The molecule has 0 aliphatic carbocycles. The van der Waals surface area contributed by atoms with Gasteiger partial charge in [0.15, 0.2) is 0 Å². The Morgan fingerprint density at radius 1 is 1.22 bits per heavy atom. The van der Waals surface area contributed by atoms with E-state index in [9.17, 15) is 0 Å². The van der Waals surface area contributed by atoms with Gasteiger partial charge in [-0.2, -0.15) is 0 Å². The lowest BCUT2D eigenvalue weighted by Crippen LogP contribution is -2.01. The number of aromatic nitrogens is 1. The highest BCUT2D eigenvalue weighted by atomic mass is 79.9. The Kier molecular flexibility index (Phi) is 3.30. The van der Waals surface area contributed by atoms with Crippen LogP contribution < -0.4 is 5.32 Å². The molecule has 2 heterocycles. The van der Waals surface area contributed by atoms with Gasteiger partial charge in [0.1, 0.15) is 5.82 Å². The van der Waals surface area contributed by atoms with Gasteiger partial charge in [-0.3, -0.25) is 0 Å². The standard InChI is InChI=1S/C14H11BrN2S/c15-11-3-1-2-10(8-11)9-17-14-12-5-7-18-13(12)4-6-16-14/h1-8H,9H2,(H,16,17). The molecule has 0 bridgehead atoms. The number of halogens is 1. The number of anilines is 1. The van der Waals surface area contributed by atoms with Gasteiger partial charge in [0.05, 0.1) is 0 Å². The van der Waals surface area contributed by atoms with Crippen molar-refractivity contribution in [3.8, 4) is 0 Å². The van der Waals surface area contributed by atoms with E-state index in [2.05, 4.69) is 49.8 Å². The van der Waals surface area contributed by atoms with E-state index >= 15 is 0 Å². The van der Waals surface area contributed by atoms with Crippen LogP contribution >= 0.6 is 27.3 Å². The van der Waals surface area contributed by atoms with Crippen LogP contribution in [0.4, 0.5) is 5.82 Å². The topological polar surface area (TPSA) is 24.9 Å². The third-order valence-corrected chi connectivity index (χ3v) is 4.10. The van der Waals surface area contributed by atoms with E-state index in [0.29, 0.717) is 0 Å². The van der Waals surface area contributed by atoms with Gasteiger partial charge in [-0.05, 0) is 35.2 Å². The Labute approximate surface area is 118 Å². The number of fused-ring (bicyclic) bond motifs is 1. The minimum Gasteiger partial charge on any atom is -0.365 e. The average molecular weight is 319 g/mol. The first-order chi connectivity index (χ1) is 8.83. The Morgan fingerprint density at radius 3 is 3.06 bits per heavy atom. The molecule has 2 nitrogen and oxygen atoms in total. The highest BCUT2D eigenvalue weighted by Gasteiger charge is 2.02. The van der Waals surface area contributed by atoms with Crippen LogP contribution in [0.25, 0.3) is 10.1 Å². The quantitative estimate of drug-likeness (QED) is 0.759. The second kappa shape index (κ2) is 5.08. The molecule has 3 rings (SSSR count). The fraction of sp³-hybridized carbons (Fsp3) is 0.0714. The van der Waals surface area contributed by atoms with Crippen molar-refractivity contribution < 1.29 is 0 Å². The van der Waals surface area contributed by atoms with E-state index in [-0.39, 0.29) is 0 Å². The van der Waals surface area contributed by atoms with Crippen molar-refractivity contribution in [3.63, 3.8) is 0 Å². The molecule has 0 amide bonds. The summed E-state index contributed by atoms with van der Waals surface area (Å²) in [6, 6.07) is 12.4. The van der Waals surface area contributed by atoms with Gasteiger partial charge in [-0.25, -0.2) is 4.98 Å². The minimum absolute atomic E-state index is 0.779. The van der Waals surface area contributed by atoms with E-state index in [1.807, 2.05) is 24.4 Å². The van der Waals surface area contributed by atoms with Crippen molar-refractivity contribution in [1.29, 1.82) is 0 Å². The summed E-state index contributed by atoms with van der Waals surface area (Å²) in [6.07, 6.45) is 1.85. The van der Waals surface area contributed by atoms with Gasteiger partial charge < -0.3 is 5.32 Å². The molecule has 0 unspecified atom stereocenters. The molecule has 2 aromatic heterocycles. The van der Waals surface area contributed by atoms with Crippen LogP contribution in [0.5, 0.6) is 0 Å². The number of benzene rings is 1. The lowest BCUT2D eigenvalue weighted by Gasteiger charge is -2.07. The summed E-state index contributed by atoms with van der Waals surface area (Å²) in [6.45, 7) is 0.779. The molecule has 0 aliphatic rings. The number of nitrogens with one attached hydrogen (secondary N) is 1. The maximum atomic E-state index is 4.40. The van der Waals surface area contributed by atoms with E-state index in [1.165, 1.54) is 15.6 Å². The normalized spacial score (nSPS) is 10.7. The monoisotopic (exact) mass is 318 g/mol. The molecule has 90 valence electrons. The number of hydrogen-bond acceptors (Lipinski definition) is 3. The van der Waals surface area contributed by atoms with Crippen LogP contribution in [-0.4, -0.2) is 4.98 Å². The van der Waals surface area contributed by atoms with Gasteiger partial charge >= 0.3 is 0 Å². The number of thiophene rings is 1. The summed E-state index contributed by atoms with van der Waals surface area (Å²) in [5.74, 6) is 0.953. The first-order valence-corrected chi connectivity index (χ1v) is 7.31. The maximum Gasteiger partial charge on any atom is 0.134 e. The molecule has 0 saturated carbocycles. The van der Waals surface area contributed by atoms with Crippen LogP contribution in [-0.2, 0) is 6.54 Å². The molecular formula is C14H11BrN2S. The van der Waals surface area contributed by atoms with Crippen molar-refractivity contribution in [1.82, 2.24) is 4.98 Å². The molecule has 0 aliphatic heterocycles. The summed E-state index contributed by atoms with van der Waals surface area (Å²) in [5, 5.41) is 6.68. The first-order valence-electron chi connectivity index (χ1n) is 5.63. The van der Waals surface area contributed by atoms with Gasteiger partial charge in [-0.1, -0.05) is 28.1 Å². The Bertz CT molecular complexity index is 678. The van der Waals surface area contributed by atoms with E-state index < -0.39 is 0 Å². The summed E-state index contributed by atoms with van der Waals surface area (Å²) in [7, 11) is 0. The number of rotatable bonds is 3. The molecule has 0 fully saturated rings. The summed E-state index contributed by atoms with van der Waals surface area (Å²) in [4.78, 5) is 4.40. The highest BCUT2D eigenvalue weighted by Crippen LogP contribution is 2.26. The van der Waals surface area contributed by atoms with E-state index in [0.717, 1.165) is 16.8 Å². The summed E-state index contributed by atoms with van der Waals surface area (Å²) >= 11 is 5.22. The van der Waals surface area contributed by atoms with Crippen LogP contribution in [0.3, 0.4) is 0 Å². The molecule has 1 N–H and O–H groups in total. The fourth-order valence-electron chi connectivity index (χ4n) is 1.87. The van der Waals surface area contributed by atoms with Crippen molar-refractivity contribution in [3.05, 3.63) is 58.0 Å². The number of nitrogens with zero attached hydrogens (tertiary/aromatic N) is 1. The molecule has 0 saturated heterocycles. The molecule has 1 aromatic carbocycles. The third kappa shape index (κ3) is 2.40. The van der Waals surface area contributed by atoms with Crippen LogP contribution in [0.1, 0.15) is 5.56 Å². The predicted molar refractivity (Wildman–Crippen MR) is 81.1 cm³/mol. The molecule has 18 heavy (non-hydrogen) atoms. The lowest BCUT2D eigenvalue weighted by atomic mass is 10.2. The van der Waals surface area contributed by atoms with E-state index in [1.54, 1.807) is 11.3 Å². The Balaban J connectivity index is 1.83. The Morgan fingerprint density at radius 2 is 2.17 bits per heavy atom. The van der Waals surface area contributed by atoms with Gasteiger partial charge in [-0.15, -0.1) is 11.3 Å². The van der Waals surface area contributed by atoms with Crippen molar-refractivity contribution in [2.24, 2.45) is 0 Å². The summed E-state index contributed by atoms with van der Waals surface area (Å²) < 4.78 is 2.37. The minimum atomic E-state index is 0.779. The second-order valence-corrected chi connectivity index (χ2v) is 5.84. The molecule has 0 spiro atoms. The smallest absolute Gasteiger partial charge is 0.134 e. The zero-order chi connectivity index (χ0) is 12.4. The largest absolute Gasteiger partial charge is 0.365 e. The van der Waals surface area contributed by atoms with Crippen molar-refractivity contribution in [2.45, 2.75) is 6.54 Å². The van der Waals surface area contributed by atoms with Crippen LogP contribution in [0.15, 0.2) is 52.4 Å². The molecule has 4 heteroatoms. The zero-order valence-corrected chi connectivity index (χ0v) is 12.0. The molecule has 0 atom stereocenters. The number of pyridine rings is 1. The first kappa shape index (κ1) is 11.7. The Hall–Kier alpha value is -1.39. The van der Waals surface area contributed by atoms with Gasteiger partial charge in [0, 0.05) is 27.3 Å². The van der Waals surface area contributed by atoms with Crippen molar-refractivity contribution >= 4 is 43.2 Å². The maximum absolute atomic E-state index is 4.40. The fourth-order valence-corrected chi connectivity index (χ4v) is 3.10. The number of hydrogen-bond donors (Lipinski definition) is 1. The molecular weight excluding hydrogens is 308 g/mol. The van der Waals surface area contributed by atoms with Crippen molar-refractivity contribution in [2.75, 3.05) is 5.32 Å². The molecule has 3 aromatic rings. The predicted octanol–water partition coefficient (Wildman–Crippen LogP) is 4.67.